The van der Waals surface area contributed by atoms with E-state index in [4.69, 9.17) is 0 Å². The Morgan fingerprint density at radius 3 is 3.08 bits per heavy atom. The lowest BCUT2D eigenvalue weighted by Crippen LogP contribution is -2.36. The fourth-order valence-electron chi connectivity index (χ4n) is 3.37. The molecule has 2 aromatic rings. The lowest BCUT2D eigenvalue weighted by molar-refractivity contribution is 0.0820. The number of rotatable bonds is 7. The van der Waals surface area contributed by atoms with Crippen molar-refractivity contribution in [2.24, 2.45) is 0 Å². The van der Waals surface area contributed by atoms with Gasteiger partial charge in [-0.1, -0.05) is 12.1 Å². The molecule has 0 bridgehead atoms. The van der Waals surface area contributed by atoms with Gasteiger partial charge in [0.05, 0.1) is 6.54 Å². The van der Waals surface area contributed by atoms with Crippen LogP contribution in [0, 0.1) is 0 Å². The number of hydrogen-bond acceptors (Lipinski definition) is 4. The standard InChI is InChI=1S/C19H26N4OS/c1-4-11-23-17-8-7-14(20-10-9-15-6-5-12-25-15)13-16(17)18(21-23)19(24)22(2)3/h4-6,12,14,20H,1,7-11,13H2,2-3H3/t14-/m0/s1. The summed E-state index contributed by atoms with van der Waals surface area (Å²) in [5, 5.41) is 10.4. The van der Waals surface area contributed by atoms with Crippen LogP contribution in [0.5, 0.6) is 0 Å². The van der Waals surface area contributed by atoms with E-state index in [0.717, 1.165) is 37.8 Å². The summed E-state index contributed by atoms with van der Waals surface area (Å²) in [7, 11) is 3.56. The number of nitrogens with zero attached hydrogens (tertiary/aromatic N) is 3. The van der Waals surface area contributed by atoms with Crippen molar-refractivity contribution in [2.75, 3.05) is 20.6 Å². The minimum Gasteiger partial charge on any atom is -0.343 e. The molecule has 3 rings (SSSR count). The van der Waals surface area contributed by atoms with Gasteiger partial charge in [0.2, 0.25) is 0 Å². The molecule has 0 spiro atoms. The van der Waals surface area contributed by atoms with E-state index in [1.54, 1.807) is 30.3 Å². The first kappa shape index (κ1) is 17.9. The smallest absolute Gasteiger partial charge is 0.274 e. The summed E-state index contributed by atoms with van der Waals surface area (Å²) in [6, 6.07) is 4.68. The first-order valence-electron chi connectivity index (χ1n) is 8.77. The average molecular weight is 359 g/mol. The van der Waals surface area contributed by atoms with Crippen molar-refractivity contribution < 1.29 is 4.79 Å². The highest BCUT2D eigenvalue weighted by Gasteiger charge is 2.29. The predicted octanol–water partition coefficient (Wildman–Crippen LogP) is 2.52. The zero-order chi connectivity index (χ0) is 17.8. The van der Waals surface area contributed by atoms with Crippen LogP contribution in [-0.4, -0.2) is 47.3 Å². The topological polar surface area (TPSA) is 50.2 Å². The quantitative estimate of drug-likeness (QED) is 0.774. The molecule has 2 heterocycles. The summed E-state index contributed by atoms with van der Waals surface area (Å²) < 4.78 is 1.95. The van der Waals surface area contributed by atoms with Gasteiger partial charge in [0, 0.05) is 42.8 Å². The normalized spacial score (nSPS) is 16.5. The molecule has 5 nitrogen and oxygen atoms in total. The molecule has 1 aliphatic carbocycles. The van der Waals surface area contributed by atoms with E-state index in [1.807, 2.05) is 10.8 Å². The second kappa shape index (κ2) is 7.97. The van der Waals surface area contributed by atoms with Gasteiger partial charge in [-0.05, 0) is 37.1 Å². The van der Waals surface area contributed by atoms with E-state index in [9.17, 15) is 4.79 Å². The molecule has 2 aromatic heterocycles. The number of hydrogen-bond donors (Lipinski definition) is 1. The number of thiophene rings is 1. The first-order chi connectivity index (χ1) is 12.1. The van der Waals surface area contributed by atoms with E-state index in [2.05, 4.69) is 34.5 Å². The zero-order valence-electron chi connectivity index (χ0n) is 15.0. The largest absolute Gasteiger partial charge is 0.343 e. The van der Waals surface area contributed by atoms with Crippen molar-refractivity contribution in [3.8, 4) is 0 Å². The Kier molecular flexibility index (Phi) is 5.71. The molecule has 1 aliphatic rings. The summed E-state index contributed by atoms with van der Waals surface area (Å²) in [5.41, 5.74) is 2.91. The van der Waals surface area contributed by atoms with E-state index in [-0.39, 0.29) is 5.91 Å². The Hall–Kier alpha value is -1.92. The molecule has 25 heavy (non-hydrogen) atoms. The average Bonchev–Trinajstić information content (AvgIpc) is 3.23. The van der Waals surface area contributed by atoms with Crippen molar-refractivity contribution in [2.45, 2.75) is 38.3 Å². The van der Waals surface area contributed by atoms with E-state index < -0.39 is 0 Å². The van der Waals surface area contributed by atoms with Crippen molar-refractivity contribution >= 4 is 17.2 Å². The molecule has 0 unspecified atom stereocenters. The second-order valence-corrected chi connectivity index (χ2v) is 7.70. The molecular weight excluding hydrogens is 332 g/mol. The van der Waals surface area contributed by atoms with Crippen LogP contribution in [0.15, 0.2) is 30.2 Å². The summed E-state index contributed by atoms with van der Waals surface area (Å²) in [6.07, 6.45) is 5.79. The molecule has 0 aromatic carbocycles. The minimum atomic E-state index is -0.0155. The van der Waals surface area contributed by atoms with Crippen molar-refractivity contribution in [1.82, 2.24) is 20.0 Å². The zero-order valence-corrected chi connectivity index (χ0v) is 15.8. The van der Waals surface area contributed by atoms with Gasteiger partial charge in [0.15, 0.2) is 5.69 Å². The van der Waals surface area contributed by atoms with Gasteiger partial charge in [-0.2, -0.15) is 5.10 Å². The van der Waals surface area contributed by atoms with Crippen LogP contribution < -0.4 is 5.32 Å². The predicted molar refractivity (Wildman–Crippen MR) is 102 cm³/mol. The van der Waals surface area contributed by atoms with E-state index >= 15 is 0 Å². The molecule has 0 aliphatic heterocycles. The SMILES string of the molecule is C=CCn1nc(C(=O)N(C)C)c2c1CC[C@H](NCCc1cccs1)C2. The molecule has 0 radical (unpaired) electrons. The Morgan fingerprint density at radius 1 is 1.56 bits per heavy atom. The van der Waals surface area contributed by atoms with Crippen LogP contribution in [0.4, 0.5) is 0 Å². The lowest BCUT2D eigenvalue weighted by atomic mass is 9.91. The third kappa shape index (κ3) is 4.02. The van der Waals surface area contributed by atoms with Crippen LogP contribution in [0.2, 0.25) is 0 Å². The van der Waals surface area contributed by atoms with Crippen LogP contribution >= 0.6 is 11.3 Å². The fraction of sp³-hybridized carbons (Fsp3) is 0.474. The molecule has 0 saturated heterocycles. The highest BCUT2D eigenvalue weighted by atomic mass is 32.1. The minimum absolute atomic E-state index is 0.0155. The number of carbonyl (C=O) groups is 1. The van der Waals surface area contributed by atoms with E-state index in [0.29, 0.717) is 18.3 Å². The molecule has 6 heteroatoms. The van der Waals surface area contributed by atoms with Crippen molar-refractivity contribution in [3.63, 3.8) is 0 Å². The van der Waals surface area contributed by atoms with Gasteiger partial charge in [0.1, 0.15) is 0 Å². The van der Waals surface area contributed by atoms with Gasteiger partial charge >= 0.3 is 0 Å². The Labute approximate surface area is 153 Å². The maximum absolute atomic E-state index is 12.5. The summed E-state index contributed by atoms with van der Waals surface area (Å²) in [6.45, 7) is 5.43. The lowest BCUT2D eigenvalue weighted by Gasteiger charge is -2.24. The van der Waals surface area contributed by atoms with Crippen LogP contribution in [-0.2, 0) is 25.8 Å². The molecule has 0 fully saturated rings. The van der Waals surface area contributed by atoms with Gasteiger partial charge in [-0.3, -0.25) is 9.48 Å². The number of carbonyl (C=O) groups excluding carboxylic acids is 1. The number of aromatic nitrogens is 2. The maximum Gasteiger partial charge on any atom is 0.274 e. The van der Waals surface area contributed by atoms with Gasteiger partial charge in [-0.25, -0.2) is 0 Å². The number of fused-ring (bicyclic) bond motifs is 1. The number of allylic oxidation sites excluding steroid dienone is 1. The number of amides is 1. The number of nitrogens with one attached hydrogen (secondary N) is 1. The molecule has 1 atom stereocenters. The van der Waals surface area contributed by atoms with Crippen molar-refractivity contribution in [3.05, 3.63) is 52.0 Å². The van der Waals surface area contributed by atoms with Crippen LogP contribution in [0.25, 0.3) is 0 Å². The fourth-order valence-corrected chi connectivity index (χ4v) is 4.08. The maximum atomic E-state index is 12.5. The van der Waals surface area contributed by atoms with E-state index in [1.165, 1.54) is 10.6 Å². The van der Waals surface area contributed by atoms with Gasteiger partial charge < -0.3 is 10.2 Å². The van der Waals surface area contributed by atoms with Crippen molar-refractivity contribution in [1.29, 1.82) is 0 Å². The summed E-state index contributed by atoms with van der Waals surface area (Å²) in [4.78, 5) is 15.5. The molecule has 1 N–H and O–H groups in total. The Morgan fingerprint density at radius 2 is 2.40 bits per heavy atom. The van der Waals surface area contributed by atoms with Gasteiger partial charge in [0.25, 0.3) is 5.91 Å². The Bertz CT molecular complexity index is 733. The highest BCUT2D eigenvalue weighted by molar-refractivity contribution is 7.09. The summed E-state index contributed by atoms with van der Waals surface area (Å²) in [5.74, 6) is -0.0155. The highest BCUT2D eigenvalue weighted by Crippen LogP contribution is 2.26. The third-order valence-corrected chi connectivity index (χ3v) is 5.58. The first-order valence-corrected chi connectivity index (χ1v) is 9.65. The molecule has 0 saturated carbocycles. The molecule has 134 valence electrons. The molecule has 1 amide bonds. The monoisotopic (exact) mass is 358 g/mol. The second-order valence-electron chi connectivity index (χ2n) is 6.67. The van der Waals surface area contributed by atoms with Gasteiger partial charge in [-0.15, -0.1) is 17.9 Å². The van der Waals surface area contributed by atoms with Crippen LogP contribution in [0.1, 0.15) is 33.0 Å². The third-order valence-electron chi connectivity index (χ3n) is 4.64. The molecular formula is C19H26N4OS. The summed E-state index contributed by atoms with van der Waals surface area (Å²) >= 11 is 1.80. The van der Waals surface area contributed by atoms with Crippen LogP contribution in [0.3, 0.4) is 0 Å². The Balaban J connectivity index is 1.71.